The Morgan fingerprint density at radius 3 is 2.22 bits per heavy atom. The molecule has 0 aromatic heterocycles. The molecule has 1 aromatic rings. The summed E-state index contributed by atoms with van der Waals surface area (Å²) in [5, 5.41) is 3.72. The van der Waals surface area contributed by atoms with Crippen molar-refractivity contribution >= 4 is 5.69 Å². The van der Waals surface area contributed by atoms with Gasteiger partial charge in [0.15, 0.2) is 0 Å². The van der Waals surface area contributed by atoms with Gasteiger partial charge in [-0.15, -0.1) is 0 Å². The van der Waals surface area contributed by atoms with E-state index in [4.69, 9.17) is 0 Å². The lowest BCUT2D eigenvalue weighted by Crippen LogP contribution is -2.42. The first-order valence-corrected chi connectivity index (χ1v) is 11.3. The highest BCUT2D eigenvalue weighted by Gasteiger charge is 2.38. The molecule has 0 saturated carbocycles. The first kappa shape index (κ1) is 19.2. The van der Waals surface area contributed by atoms with Crippen molar-refractivity contribution in [3.63, 3.8) is 0 Å². The number of piperidine rings is 1. The van der Waals surface area contributed by atoms with Crippen LogP contribution in [-0.4, -0.2) is 79.6 Å². The third-order valence-corrected chi connectivity index (χ3v) is 6.93. The van der Waals surface area contributed by atoms with Crippen LogP contribution < -0.4 is 5.32 Å². The van der Waals surface area contributed by atoms with Crippen molar-refractivity contribution < 1.29 is 0 Å². The van der Waals surface area contributed by atoms with Crippen LogP contribution in [0.1, 0.15) is 32.6 Å². The molecule has 3 saturated heterocycles. The first-order valence-electron chi connectivity index (χ1n) is 11.3. The number of fused-ring (bicyclic) bond motifs is 1. The van der Waals surface area contributed by atoms with Crippen LogP contribution in [0.3, 0.4) is 0 Å². The molecule has 3 aliphatic heterocycles. The Kier molecular flexibility index (Phi) is 6.69. The van der Waals surface area contributed by atoms with Crippen LogP contribution in [0.2, 0.25) is 0 Å². The van der Waals surface area contributed by atoms with Gasteiger partial charge in [0.25, 0.3) is 0 Å². The van der Waals surface area contributed by atoms with Gasteiger partial charge in [-0.25, -0.2) is 0 Å². The maximum absolute atomic E-state index is 3.72. The highest BCUT2D eigenvalue weighted by Crippen LogP contribution is 2.30. The molecule has 0 radical (unpaired) electrons. The summed E-state index contributed by atoms with van der Waals surface area (Å²) in [5.74, 6) is 1.91. The van der Waals surface area contributed by atoms with Gasteiger partial charge in [-0.05, 0) is 75.8 Å². The van der Waals surface area contributed by atoms with E-state index in [1.165, 1.54) is 90.3 Å². The number of likely N-dealkylation sites (tertiary alicyclic amines) is 3. The minimum Gasteiger partial charge on any atom is -0.381 e. The number of hydrogen-bond acceptors (Lipinski definition) is 4. The maximum atomic E-state index is 3.72. The summed E-state index contributed by atoms with van der Waals surface area (Å²) in [7, 11) is 0. The molecule has 0 aliphatic carbocycles. The molecule has 3 fully saturated rings. The molecule has 4 rings (SSSR count). The minimum atomic E-state index is 0.612. The molecule has 3 heterocycles. The van der Waals surface area contributed by atoms with E-state index in [9.17, 15) is 0 Å². The summed E-state index contributed by atoms with van der Waals surface area (Å²) < 4.78 is 0. The van der Waals surface area contributed by atoms with Gasteiger partial charge in [0.05, 0.1) is 0 Å². The van der Waals surface area contributed by atoms with Crippen molar-refractivity contribution in [2.45, 2.75) is 38.6 Å². The Labute approximate surface area is 165 Å². The number of hydrogen-bond donors (Lipinski definition) is 1. The molecule has 150 valence electrons. The summed E-state index contributed by atoms with van der Waals surface area (Å²) in [5.41, 5.74) is 1.27. The van der Waals surface area contributed by atoms with E-state index < -0.39 is 0 Å². The second-order valence-electron chi connectivity index (χ2n) is 8.99. The van der Waals surface area contributed by atoms with Crippen LogP contribution in [-0.2, 0) is 0 Å². The summed E-state index contributed by atoms with van der Waals surface area (Å²) in [6, 6.07) is 11.3. The normalized spacial score (nSPS) is 29.9. The third kappa shape index (κ3) is 5.24. The molecule has 0 spiro atoms. The van der Waals surface area contributed by atoms with Crippen LogP contribution in [0.4, 0.5) is 5.69 Å². The number of benzene rings is 1. The van der Waals surface area contributed by atoms with E-state index in [1.54, 1.807) is 0 Å². The highest BCUT2D eigenvalue weighted by atomic mass is 15.2. The molecule has 3 unspecified atom stereocenters. The molecule has 0 bridgehead atoms. The van der Waals surface area contributed by atoms with Gasteiger partial charge in [0.2, 0.25) is 0 Å². The number of unbranched alkanes of at least 4 members (excludes halogenated alkanes) is 1. The van der Waals surface area contributed by atoms with Crippen LogP contribution in [0.15, 0.2) is 30.3 Å². The molecular formula is C23H38N4. The maximum Gasteiger partial charge on any atom is 0.0388 e. The zero-order valence-corrected chi connectivity index (χ0v) is 17.2. The van der Waals surface area contributed by atoms with Gasteiger partial charge < -0.3 is 20.0 Å². The number of nitrogens with zero attached hydrogens (tertiary/aromatic N) is 3. The average molecular weight is 371 g/mol. The van der Waals surface area contributed by atoms with Crippen LogP contribution >= 0.6 is 0 Å². The molecule has 27 heavy (non-hydrogen) atoms. The van der Waals surface area contributed by atoms with E-state index in [2.05, 4.69) is 57.3 Å². The van der Waals surface area contributed by atoms with E-state index in [0.29, 0.717) is 6.04 Å². The number of anilines is 1. The number of nitrogens with one attached hydrogen (secondary N) is 1. The van der Waals surface area contributed by atoms with E-state index in [-0.39, 0.29) is 0 Å². The summed E-state index contributed by atoms with van der Waals surface area (Å²) in [4.78, 5) is 8.07. The molecule has 4 heteroatoms. The lowest BCUT2D eigenvalue weighted by molar-refractivity contribution is 0.205. The summed E-state index contributed by atoms with van der Waals surface area (Å²) in [6.45, 7) is 14.0. The summed E-state index contributed by atoms with van der Waals surface area (Å²) in [6.07, 6.45) is 5.35. The SMILES string of the molecule is CCN1CC2CN(CCCCN3CCCC(Nc4ccccc4)C3)CC2C1. The Morgan fingerprint density at radius 1 is 0.852 bits per heavy atom. The molecule has 4 nitrogen and oxygen atoms in total. The van der Waals surface area contributed by atoms with Gasteiger partial charge in [-0.2, -0.15) is 0 Å². The van der Waals surface area contributed by atoms with Crippen molar-refractivity contribution in [1.29, 1.82) is 0 Å². The fraction of sp³-hybridized carbons (Fsp3) is 0.739. The van der Waals surface area contributed by atoms with E-state index in [0.717, 1.165) is 11.8 Å². The van der Waals surface area contributed by atoms with Crippen LogP contribution in [0.5, 0.6) is 0 Å². The fourth-order valence-electron chi connectivity index (χ4n) is 5.45. The standard InChI is InChI=1S/C23H38N4/c1-2-25-15-20-17-27(18-21(20)16-25)13-7-6-12-26-14-8-11-23(19-26)24-22-9-4-3-5-10-22/h3-5,9-10,20-21,23-24H,2,6-8,11-19H2,1H3. The van der Waals surface area contributed by atoms with Gasteiger partial charge in [0.1, 0.15) is 0 Å². The lowest BCUT2D eigenvalue weighted by atomic mass is 10.0. The zero-order chi connectivity index (χ0) is 18.5. The number of rotatable bonds is 8. The highest BCUT2D eigenvalue weighted by molar-refractivity contribution is 5.43. The number of para-hydroxylation sites is 1. The van der Waals surface area contributed by atoms with Crippen molar-refractivity contribution in [1.82, 2.24) is 14.7 Å². The van der Waals surface area contributed by atoms with E-state index >= 15 is 0 Å². The van der Waals surface area contributed by atoms with Crippen molar-refractivity contribution in [2.24, 2.45) is 11.8 Å². The minimum absolute atomic E-state index is 0.612. The Bertz CT molecular complexity index is 549. The molecule has 1 N–H and O–H groups in total. The average Bonchev–Trinajstić information content (AvgIpc) is 3.25. The second kappa shape index (κ2) is 9.40. The van der Waals surface area contributed by atoms with Crippen molar-refractivity contribution in [3.8, 4) is 0 Å². The summed E-state index contributed by atoms with van der Waals surface area (Å²) >= 11 is 0. The van der Waals surface area contributed by atoms with Gasteiger partial charge in [-0.3, -0.25) is 0 Å². The van der Waals surface area contributed by atoms with Crippen molar-refractivity contribution in [2.75, 3.05) is 64.2 Å². The predicted molar refractivity (Wildman–Crippen MR) is 114 cm³/mol. The van der Waals surface area contributed by atoms with E-state index in [1.807, 2.05) is 0 Å². The van der Waals surface area contributed by atoms with Gasteiger partial charge in [-0.1, -0.05) is 25.1 Å². The second-order valence-corrected chi connectivity index (χ2v) is 8.99. The van der Waals surface area contributed by atoms with Crippen LogP contribution in [0, 0.1) is 11.8 Å². The Balaban J connectivity index is 1.11. The topological polar surface area (TPSA) is 21.8 Å². The van der Waals surface area contributed by atoms with Crippen LogP contribution in [0.25, 0.3) is 0 Å². The smallest absolute Gasteiger partial charge is 0.0388 e. The predicted octanol–water partition coefficient (Wildman–Crippen LogP) is 3.23. The molecule has 1 aromatic carbocycles. The Hall–Kier alpha value is -1.10. The van der Waals surface area contributed by atoms with Gasteiger partial charge >= 0.3 is 0 Å². The Morgan fingerprint density at radius 2 is 1.52 bits per heavy atom. The first-order chi connectivity index (χ1) is 13.3. The quantitative estimate of drug-likeness (QED) is 0.709. The van der Waals surface area contributed by atoms with Gasteiger partial charge in [0, 0.05) is 44.5 Å². The molecule has 3 atom stereocenters. The lowest BCUT2D eigenvalue weighted by Gasteiger charge is -2.33. The monoisotopic (exact) mass is 370 g/mol. The fourth-order valence-corrected chi connectivity index (χ4v) is 5.45. The zero-order valence-electron chi connectivity index (χ0n) is 17.2. The largest absolute Gasteiger partial charge is 0.381 e. The van der Waals surface area contributed by atoms with Crippen molar-refractivity contribution in [3.05, 3.63) is 30.3 Å². The molecule has 3 aliphatic rings. The molecule has 0 amide bonds. The molecular weight excluding hydrogens is 332 g/mol. The third-order valence-electron chi connectivity index (χ3n) is 6.93.